The lowest BCUT2D eigenvalue weighted by molar-refractivity contribution is 0.386. The predicted octanol–water partition coefficient (Wildman–Crippen LogP) is 5.09. The van der Waals surface area contributed by atoms with Gasteiger partial charge in [-0.3, -0.25) is 9.36 Å². The molecule has 0 aliphatic heterocycles. The van der Waals surface area contributed by atoms with Crippen LogP contribution in [0.1, 0.15) is 11.1 Å². The number of thioether (sulfide) groups is 1. The summed E-state index contributed by atoms with van der Waals surface area (Å²) in [6.07, 6.45) is 0. The van der Waals surface area contributed by atoms with Crippen LogP contribution >= 0.6 is 23.1 Å². The molecule has 0 amide bonds. The number of hydrogen-bond acceptors (Lipinski definition) is 5. The number of thiophene rings is 1. The van der Waals surface area contributed by atoms with Crippen molar-refractivity contribution in [1.29, 1.82) is 0 Å². The van der Waals surface area contributed by atoms with Crippen LogP contribution in [0.4, 0.5) is 8.78 Å². The van der Waals surface area contributed by atoms with E-state index in [9.17, 15) is 13.6 Å². The summed E-state index contributed by atoms with van der Waals surface area (Å²) >= 11 is 2.62. The second-order valence-electron chi connectivity index (χ2n) is 6.27. The summed E-state index contributed by atoms with van der Waals surface area (Å²) in [6.45, 7) is 0.0751. The van der Waals surface area contributed by atoms with E-state index >= 15 is 0 Å². The van der Waals surface area contributed by atoms with E-state index in [4.69, 9.17) is 4.74 Å². The Kier molecular flexibility index (Phi) is 5.64. The van der Waals surface area contributed by atoms with Crippen LogP contribution in [0.5, 0.6) is 5.75 Å². The molecule has 0 atom stereocenters. The van der Waals surface area contributed by atoms with E-state index in [1.807, 2.05) is 0 Å². The van der Waals surface area contributed by atoms with Crippen molar-refractivity contribution in [2.45, 2.75) is 17.5 Å². The Morgan fingerprint density at radius 1 is 1.14 bits per heavy atom. The van der Waals surface area contributed by atoms with E-state index in [-0.39, 0.29) is 23.7 Å². The summed E-state index contributed by atoms with van der Waals surface area (Å²) in [5, 5.41) is 2.26. The molecule has 0 spiro atoms. The smallest absolute Gasteiger partial charge is 0.272 e. The van der Waals surface area contributed by atoms with Crippen LogP contribution in [-0.4, -0.2) is 16.7 Å². The molecule has 0 unspecified atom stereocenters. The van der Waals surface area contributed by atoms with Gasteiger partial charge in [0.15, 0.2) is 16.7 Å². The highest BCUT2D eigenvalue weighted by Gasteiger charge is 2.15. The molecule has 148 valence electrons. The van der Waals surface area contributed by atoms with Crippen LogP contribution in [0.15, 0.2) is 63.9 Å². The van der Waals surface area contributed by atoms with Crippen LogP contribution in [0.3, 0.4) is 0 Å². The van der Waals surface area contributed by atoms with Crippen molar-refractivity contribution in [3.05, 3.63) is 87.0 Å². The molecule has 8 heteroatoms. The molecule has 0 aliphatic carbocycles. The normalized spacial score (nSPS) is 11.1. The van der Waals surface area contributed by atoms with Gasteiger partial charge >= 0.3 is 0 Å². The second kappa shape index (κ2) is 8.34. The molecule has 4 rings (SSSR count). The number of hydrogen-bond donors (Lipinski definition) is 0. The lowest BCUT2D eigenvalue weighted by Crippen LogP contribution is -2.23. The molecule has 4 nitrogen and oxygen atoms in total. The van der Waals surface area contributed by atoms with E-state index in [2.05, 4.69) is 4.98 Å². The minimum Gasteiger partial charge on any atom is -0.494 e. The minimum absolute atomic E-state index is 0.0751. The van der Waals surface area contributed by atoms with Crippen molar-refractivity contribution >= 4 is 33.3 Å². The molecule has 0 fully saturated rings. The van der Waals surface area contributed by atoms with Crippen LogP contribution in [-0.2, 0) is 12.3 Å². The number of fused-ring (bicyclic) bond motifs is 1. The number of benzene rings is 2. The summed E-state index contributed by atoms with van der Waals surface area (Å²) in [6, 6.07) is 12.9. The van der Waals surface area contributed by atoms with Crippen LogP contribution in [0, 0.1) is 11.6 Å². The first-order valence-electron chi connectivity index (χ1n) is 8.73. The maximum Gasteiger partial charge on any atom is 0.272 e. The Bertz CT molecular complexity index is 1240. The fourth-order valence-electron chi connectivity index (χ4n) is 2.92. The van der Waals surface area contributed by atoms with Crippen molar-refractivity contribution < 1.29 is 13.5 Å². The van der Waals surface area contributed by atoms with E-state index in [1.165, 1.54) is 46.9 Å². The molecule has 0 bridgehead atoms. The lowest BCUT2D eigenvalue weighted by Gasteiger charge is -2.13. The number of methoxy groups -OCH3 is 1. The summed E-state index contributed by atoms with van der Waals surface area (Å²) in [5.41, 5.74) is 1.53. The Morgan fingerprint density at radius 2 is 1.97 bits per heavy atom. The summed E-state index contributed by atoms with van der Waals surface area (Å²) in [7, 11) is 1.41. The van der Waals surface area contributed by atoms with Crippen LogP contribution in [0.2, 0.25) is 0 Å². The van der Waals surface area contributed by atoms with Gasteiger partial charge in [0.25, 0.3) is 5.56 Å². The predicted molar refractivity (Wildman–Crippen MR) is 112 cm³/mol. The van der Waals surface area contributed by atoms with Gasteiger partial charge in [-0.25, -0.2) is 13.8 Å². The molecule has 0 saturated heterocycles. The zero-order valence-corrected chi connectivity index (χ0v) is 17.0. The molecule has 2 aromatic heterocycles. The van der Waals surface area contributed by atoms with Gasteiger partial charge in [-0.1, -0.05) is 36.0 Å². The standard InChI is InChI=1S/C21H16F2N2O2S2/c1-27-18-7-6-13(10-16(18)23)12-29-21-24-17-8-9-28-19(17)20(26)25(21)11-14-4-2-3-5-15(14)22/h2-10H,11-12H2,1H3. The fourth-order valence-corrected chi connectivity index (χ4v) is 4.64. The van der Waals surface area contributed by atoms with E-state index in [1.54, 1.807) is 41.8 Å². The van der Waals surface area contributed by atoms with Gasteiger partial charge < -0.3 is 4.74 Å². The van der Waals surface area contributed by atoms with Crippen molar-refractivity contribution in [2.75, 3.05) is 7.11 Å². The maximum absolute atomic E-state index is 14.2. The zero-order valence-electron chi connectivity index (χ0n) is 15.4. The monoisotopic (exact) mass is 430 g/mol. The highest BCUT2D eigenvalue weighted by molar-refractivity contribution is 7.98. The lowest BCUT2D eigenvalue weighted by atomic mass is 10.2. The molecule has 29 heavy (non-hydrogen) atoms. The molecule has 4 aromatic rings. The molecule has 2 aromatic carbocycles. The largest absolute Gasteiger partial charge is 0.494 e. The maximum atomic E-state index is 14.2. The molecular weight excluding hydrogens is 414 g/mol. The van der Waals surface area contributed by atoms with Crippen LogP contribution in [0.25, 0.3) is 10.2 Å². The summed E-state index contributed by atoms with van der Waals surface area (Å²) < 4.78 is 35.1. The van der Waals surface area contributed by atoms with Crippen molar-refractivity contribution in [2.24, 2.45) is 0 Å². The summed E-state index contributed by atoms with van der Waals surface area (Å²) in [4.78, 5) is 17.6. The van der Waals surface area contributed by atoms with Gasteiger partial charge in [-0.15, -0.1) is 11.3 Å². The number of ether oxygens (including phenoxy) is 1. The van der Waals surface area contributed by atoms with Gasteiger partial charge in [-0.05, 0) is 35.2 Å². The third kappa shape index (κ3) is 4.04. The summed E-state index contributed by atoms with van der Waals surface area (Å²) in [5.74, 6) is -0.247. The average molecular weight is 431 g/mol. The van der Waals surface area contributed by atoms with Gasteiger partial charge in [0, 0.05) is 11.3 Å². The number of aromatic nitrogens is 2. The molecular formula is C21H16F2N2O2S2. The van der Waals surface area contributed by atoms with E-state index in [0.717, 1.165) is 5.56 Å². The van der Waals surface area contributed by atoms with Crippen molar-refractivity contribution in [1.82, 2.24) is 9.55 Å². The first-order chi connectivity index (χ1) is 14.1. The second-order valence-corrected chi connectivity index (χ2v) is 8.13. The van der Waals surface area contributed by atoms with Crippen molar-refractivity contribution in [3.8, 4) is 5.75 Å². The van der Waals surface area contributed by atoms with E-state index < -0.39 is 5.82 Å². The first-order valence-corrected chi connectivity index (χ1v) is 10.6. The van der Waals surface area contributed by atoms with Crippen LogP contribution < -0.4 is 10.3 Å². The van der Waals surface area contributed by atoms with Gasteiger partial charge in [-0.2, -0.15) is 0 Å². The minimum atomic E-state index is -0.449. The third-order valence-electron chi connectivity index (χ3n) is 4.40. The average Bonchev–Trinajstić information content (AvgIpc) is 3.19. The van der Waals surface area contributed by atoms with E-state index in [0.29, 0.717) is 26.7 Å². The molecule has 0 radical (unpaired) electrons. The number of nitrogens with zero attached hydrogens (tertiary/aromatic N) is 2. The highest BCUT2D eigenvalue weighted by atomic mass is 32.2. The SMILES string of the molecule is COc1ccc(CSc2nc3ccsc3c(=O)n2Cc2ccccc2F)cc1F. The zero-order chi connectivity index (χ0) is 20.4. The topological polar surface area (TPSA) is 44.1 Å². The quantitative estimate of drug-likeness (QED) is 0.316. The van der Waals surface area contributed by atoms with Gasteiger partial charge in [0.1, 0.15) is 10.5 Å². The number of rotatable bonds is 6. The fraction of sp³-hybridized carbons (Fsp3) is 0.143. The third-order valence-corrected chi connectivity index (χ3v) is 6.34. The Balaban J connectivity index is 1.70. The molecule has 2 heterocycles. The molecule has 0 N–H and O–H groups in total. The van der Waals surface area contributed by atoms with Gasteiger partial charge in [0.2, 0.25) is 0 Å². The highest BCUT2D eigenvalue weighted by Crippen LogP contribution is 2.27. The van der Waals surface area contributed by atoms with Gasteiger partial charge in [0.05, 0.1) is 19.2 Å². The van der Waals surface area contributed by atoms with Crippen molar-refractivity contribution in [3.63, 3.8) is 0 Å². The number of halogens is 2. The molecule has 0 aliphatic rings. The molecule has 0 saturated carbocycles. The Morgan fingerprint density at radius 3 is 2.72 bits per heavy atom. The first kappa shape index (κ1) is 19.6. The Hall–Kier alpha value is -2.71. The Labute approximate surface area is 173 Å².